The fraction of sp³-hybridized carbons (Fsp3) is 0.471. The fourth-order valence-corrected chi connectivity index (χ4v) is 2.91. The first-order valence-electron chi connectivity index (χ1n) is 8.34. The lowest BCUT2D eigenvalue weighted by Crippen LogP contribution is -2.52. The Balaban J connectivity index is 1.97. The maximum atomic E-state index is 14.1. The first-order valence-corrected chi connectivity index (χ1v) is 8.34. The van der Waals surface area contributed by atoms with Crippen LogP contribution >= 0.6 is 0 Å². The molecule has 0 spiro atoms. The van der Waals surface area contributed by atoms with E-state index in [1.54, 1.807) is 23.1 Å². The van der Waals surface area contributed by atoms with Crippen LogP contribution in [0.1, 0.15) is 36.7 Å². The second-order valence-corrected chi connectivity index (χ2v) is 6.02. The number of piperazine rings is 1. The molecule has 128 valence electrons. The number of carbonyl (C=O) groups is 1. The minimum absolute atomic E-state index is 0.0845. The van der Waals surface area contributed by atoms with Gasteiger partial charge in [0.15, 0.2) is 0 Å². The second kappa shape index (κ2) is 7.09. The minimum atomic E-state index is -0.380. The Morgan fingerprint density at radius 3 is 2.92 bits per heavy atom. The minimum Gasteiger partial charge on any atom is -0.331 e. The van der Waals surface area contributed by atoms with Gasteiger partial charge in [-0.25, -0.2) is 14.1 Å². The standard InChI is InChI=1S/C17H22FN5O/c1-3-6-15-20-16(17(24)22-10-9-19-11-12(22)2)21-23(15)14-8-5-4-7-13(14)18/h4-5,7-8,12,19H,3,6,9-11H2,1-2H3. The molecule has 7 heteroatoms. The summed E-state index contributed by atoms with van der Waals surface area (Å²) in [4.78, 5) is 18.9. The largest absolute Gasteiger partial charge is 0.331 e. The number of aryl methyl sites for hydroxylation is 1. The topological polar surface area (TPSA) is 63.1 Å². The summed E-state index contributed by atoms with van der Waals surface area (Å²) in [5, 5.41) is 7.57. The molecule has 0 aliphatic carbocycles. The maximum Gasteiger partial charge on any atom is 0.293 e. The molecule has 1 aromatic heterocycles. The van der Waals surface area contributed by atoms with Crippen LogP contribution in [0.25, 0.3) is 5.69 Å². The van der Waals surface area contributed by atoms with Crippen LogP contribution in [0.4, 0.5) is 4.39 Å². The molecule has 24 heavy (non-hydrogen) atoms. The van der Waals surface area contributed by atoms with E-state index in [0.29, 0.717) is 24.5 Å². The molecule has 1 aliphatic heterocycles. The first-order chi connectivity index (χ1) is 11.6. The normalized spacial score (nSPS) is 18.0. The predicted molar refractivity (Wildman–Crippen MR) is 88.7 cm³/mol. The van der Waals surface area contributed by atoms with E-state index in [9.17, 15) is 9.18 Å². The van der Waals surface area contributed by atoms with E-state index in [1.165, 1.54) is 10.7 Å². The summed E-state index contributed by atoms with van der Waals surface area (Å²) < 4.78 is 15.6. The van der Waals surface area contributed by atoms with Crippen molar-refractivity contribution in [2.45, 2.75) is 32.7 Å². The molecule has 0 saturated carbocycles. The number of aromatic nitrogens is 3. The molecule has 3 rings (SSSR count). The van der Waals surface area contributed by atoms with Gasteiger partial charge >= 0.3 is 0 Å². The number of amides is 1. The average molecular weight is 331 g/mol. The molecule has 1 unspecified atom stereocenters. The summed E-state index contributed by atoms with van der Waals surface area (Å²) >= 11 is 0. The number of halogens is 1. The van der Waals surface area contributed by atoms with E-state index >= 15 is 0 Å². The highest BCUT2D eigenvalue weighted by atomic mass is 19.1. The number of para-hydroxylation sites is 1. The highest BCUT2D eigenvalue weighted by Crippen LogP contribution is 2.16. The summed E-state index contributed by atoms with van der Waals surface area (Å²) in [5.74, 6) is 0.162. The predicted octanol–water partition coefficient (Wildman–Crippen LogP) is 1.79. The van der Waals surface area contributed by atoms with Crippen LogP contribution in [0.15, 0.2) is 24.3 Å². The third kappa shape index (κ3) is 3.17. The van der Waals surface area contributed by atoms with Crippen molar-refractivity contribution in [3.05, 3.63) is 41.7 Å². The lowest BCUT2D eigenvalue weighted by Gasteiger charge is -2.33. The van der Waals surface area contributed by atoms with Crippen LogP contribution in [0.2, 0.25) is 0 Å². The Morgan fingerprint density at radius 1 is 1.42 bits per heavy atom. The SMILES string of the molecule is CCCc1nc(C(=O)N2CCNCC2C)nn1-c1ccccc1F. The number of rotatable bonds is 4. The molecule has 0 radical (unpaired) electrons. The lowest BCUT2D eigenvalue weighted by molar-refractivity contribution is 0.0643. The van der Waals surface area contributed by atoms with Crippen LogP contribution in [-0.4, -0.2) is 51.2 Å². The third-order valence-electron chi connectivity index (χ3n) is 4.18. The average Bonchev–Trinajstić information content (AvgIpc) is 2.99. The third-order valence-corrected chi connectivity index (χ3v) is 4.18. The molecule has 2 heterocycles. The summed E-state index contributed by atoms with van der Waals surface area (Å²) in [6, 6.07) is 6.48. The van der Waals surface area contributed by atoms with Crippen molar-refractivity contribution in [1.29, 1.82) is 0 Å². The van der Waals surface area contributed by atoms with Crippen LogP contribution in [0.5, 0.6) is 0 Å². The number of carbonyl (C=O) groups excluding carboxylic acids is 1. The zero-order chi connectivity index (χ0) is 17.1. The fourth-order valence-electron chi connectivity index (χ4n) is 2.91. The number of nitrogens with zero attached hydrogens (tertiary/aromatic N) is 4. The van der Waals surface area contributed by atoms with E-state index in [4.69, 9.17) is 0 Å². The van der Waals surface area contributed by atoms with Gasteiger partial charge in [0, 0.05) is 32.1 Å². The zero-order valence-corrected chi connectivity index (χ0v) is 14.0. The van der Waals surface area contributed by atoms with Gasteiger partial charge in [0.05, 0.1) is 0 Å². The maximum absolute atomic E-state index is 14.1. The molecular formula is C17H22FN5O. The molecular weight excluding hydrogens is 309 g/mol. The first kappa shape index (κ1) is 16.6. The van der Waals surface area contributed by atoms with Gasteiger partial charge in [0.1, 0.15) is 17.3 Å². The van der Waals surface area contributed by atoms with E-state index < -0.39 is 0 Å². The van der Waals surface area contributed by atoms with Crippen molar-refractivity contribution < 1.29 is 9.18 Å². The van der Waals surface area contributed by atoms with Gasteiger partial charge in [-0.3, -0.25) is 4.79 Å². The van der Waals surface area contributed by atoms with Crippen molar-refractivity contribution in [1.82, 2.24) is 25.0 Å². The molecule has 2 aromatic rings. The Morgan fingerprint density at radius 2 is 2.21 bits per heavy atom. The Labute approximate surface area is 140 Å². The second-order valence-electron chi connectivity index (χ2n) is 6.02. The number of hydrogen-bond donors (Lipinski definition) is 1. The van der Waals surface area contributed by atoms with Gasteiger partial charge < -0.3 is 10.2 Å². The van der Waals surface area contributed by atoms with E-state index in [0.717, 1.165) is 19.5 Å². The van der Waals surface area contributed by atoms with Crippen LogP contribution in [-0.2, 0) is 6.42 Å². The highest BCUT2D eigenvalue weighted by Gasteiger charge is 2.28. The van der Waals surface area contributed by atoms with Crippen molar-refractivity contribution in [2.24, 2.45) is 0 Å². The monoisotopic (exact) mass is 331 g/mol. The number of nitrogens with one attached hydrogen (secondary N) is 1. The summed E-state index contributed by atoms with van der Waals surface area (Å²) in [5.41, 5.74) is 0.320. The molecule has 1 saturated heterocycles. The molecule has 1 amide bonds. The zero-order valence-electron chi connectivity index (χ0n) is 14.0. The number of hydrogen-bond acceptors (Lipinski definition) is 4. The van der Waals surface area contributed by atoms with Crippen LogP contribution in [0, 0.1) is 5.82 Å². The van der Waals surface area contributed by atoms with Crippen LogP contribution < -0.4 is 5.32 Å². The number of benzene rings is 1. The van der Waals surface area contributed by atoms with Gasteiger partial charge in [-0.05, 0) is 25.5 Å². The smallest absolute Gasteiger partial charge is 0.293 e. The Bertz CT molecular complexity index is 730. The molecule has 1 atom stereocenters. The van der Waals surface area contributed by atoms with Crippen molar-refractivity contribution in [3.63, 3.8) is 0 Å². The van der Waals surface area contributed by atoms with Crippen molar-refractivity contribution >= 4 is 5.91 Å². The highest BCUT2D eigenvalue weighted by molar-refractivity contribution is 5.90. The summed E-state index contributed by atoms with van der Waals surface area (Å²) in [6.07, 6.45) is 1.47. The van der Waals surface area contributed by atoms with Gasteiger partial charge in [-0.15, -0.1) is 5.10 Å². The lowest BCUT2D eigenvalue weighted by atomic mass is 10.2. The van der Waals surface area contributed by atoms with Gasteiger partial charge in [-0.1, -0.05) is 19.1 Å². The van der Waals surface area contributed by atoms with E-state index in [1.807, 2.05) is 13.8 Å². The Hall–Kier alpha value is -2.28. The Kier molecular flexibility index (Phi) is 4.89. The van der Waals surface area contributed by atoms with Gasteiger partial charge in [0.25, 0.3) is 5.91 Å². The van der Waals surface area contributed by atoms with Gasteiger partial charge in [-0.2, -0.15) is 0 Å². The molecule has 1 aromatic carbocycles. The molecule has 1 N–H and O–H groups in total. The molecule has 1 aliphatic rings. The molecule has 0 bridgehead atoms. The summed E-state index contributed by atoms with van der Waals surface area (Å²) in [7, 11) is 0. The van der Waals surface area contributed by atoms with Crippen molar-refractivity contribution in [3.8, 4) is 5.69 Å². The van der Waals surface area contributed by atoms with Gasteiger partial charge in [0.2, 0.25) is 5.82 Å². The molecule has 6 nitrogen and oxygen atoms in total. The van der Waals surface area contributed by atoms with Crippen molar-refractivity contribution in [2.75, 3.05) is 19.6 Å². The summed E-state index contributed by atoms with van der Waals surface area (Å²) in [6.45, 7) is 6.13. The molecule has 1 fully saturated rings. The van der Waals surface area contributed by atoms with E-state index in [-0.39, 0.29) is 23.6 Å². The van der Waals surface area contributed by atoms with Crippen LogP contribution in [0.3, 0.4) is 0 Å². The van der Waals surface area contributed by atoms with E-state index in [2.05, 4.69) is 15.4 Å². The quantitative estimate of drug-likeness (QED) is 0.928.